The van der Waals surface area contributed by atoms with E-state index in [1.54, 1.807) is 0 Å². The van der Waals surface area contributed by atoms with Crippen LogP contribution < -0.4 is 0 Å². The number of rotatable bonds is 2. The first-order valence-corrected chi connectivity index (χ1v) is 5.83. The average molecular weight is 212 g/mol. The molecule has 0 spiro atoms. The molecule has 0 aromatic rings. The van der Waals surface area contributed by atoms with Gasteiger partial charge < -0.3 is 9.80 Å². The summed E-state index contributed by atoms with van der Waals surface area (Å²) in [6, 6.07) is 0. The van der Waals surface area contributed by atoms with E-state index in [1.807, 2.05) is 4.90 Å². The van der Waals surface area contributed by atoms with Crippen LogP contribution in [0.15, 0.2) is 0 Å². The van der Waals surface area contributed by atoms with Crippen molar-refractivity contribution in [3.8, 4) is 0 Å². The van der Waals surface area contributed by atoms with Gasteiger partial charge in [0.15, 0.2) is 0 Å². The fourth-order valence-corrected chi connectivity index (χ4v) is 1.66. The van der Waals surface area contributed by atoms with Gasteiger partial charge in [0, 0.05) is 31.6 Å². The first-order valence-electron chi connectivity index (χ1n) is 5.83. The van der Waals surface area contributed by atoms with Crippen LogP contribution in [0.3, 0.4) is 0 Å². The molecule has 3 nitrogen and oxygen atoms in total. The average Bonchev–Trinajstić information content (AvgIpc) is 2.17. The summed E-state index contributed by atoms with van der Waals surface area (Å²) in [4.78, 5) is 16.6. The highest BCUT2D eigenvalue weighted by Crippen LogP contribution is 2.28. The van der Waals surface area contributed by atoms with Crippen LogP contribution in [-0.2, 0) is 4.79 Å². The summed E-state index contributed by atoms with van der Waals surface area (Å²) in [6.45, 7) is 12.1. The Bertz CT molecular complexity index is 228. The molecule has 0 aromatic heterocycles. The van der Waals surface area contributed by atoms with E-state index in [-0.39, 0.29) is 5.41 Å². The molecule has 0 bridgehead atoms. The second kappa shape index (κ2) is 4.52. The summed E-state index contributed by atoms with van der Waals surface area (Å²) in [5.41, 5.74) is -0.226. The first kappa shape index (κ1) is 12.5. The normalized spacial score (nSPS) is 19.7. The Hall–Kier alpha value is -0.570. The van der Waals surface area contributed by atoms with Gasteiger partial charge in [-0.2, -0.15) is 0 Å². The number of carbonyl (C=O) groups is 1. The predicted molar refractivity (Wildman–Crippen MR) is 62.7 cm³/mol. The second-order valence-electron chi connectivity index (χ2n) is 5.47. The van der Waals surface area contributed by atoms with E-state index in [0.717, 1.165) is 26.2 Å². The predicted octanol–water partition coefficient (Wildman–Crippen LogP) is 1.44. The van der Waals surface area contributed by atoms with E-state index >= 15 is 0 Å². The van der Waals surface area contributed by atoms with Crippen LogP contribution in [0.1, 0.15) is 27.7 Å². The molecule has 1 rings (SSSR count). The molecule has 0 N–H and O–H groups in total. The highest BCUT2D eigenvalue weighted by molar-refractivity contribution is 5.82. The Morgan fingerprint density at radius 1 is 1.13 bits per heavy atom. The highest BCUT2D eigenvalue weighted by Gasteiger charge is 2.35. The van der Waals surface area contributed by atoms with Crippen LogP contribution in [0.2, 0.25) is 0 Å². The monoisotopic (exact) mass is 212 g/mol. The number of hydrogen-bond acceptors (Lipinski definition) is 2. The third-order valence-electron chi connectivity index (χ3n) is 3.79. The van der Waals surface area contributed by atoms with Crippen molar-refractivity contribution in [1.82, 2.24) is 9.80 Å². The molecular formula is C12H24N2O. The van der Waals surface area contributed by atoms with Crippen molar-refractivity contribution in [2.45, 2.75) is 27.7 Å². The fourth-order valence-electron chi connectivity index (χ4n) is 1.66. The lowest BCUT2D eigenvalue weighted by molar-refractivity contribution is -0.144. The van der Waals surface area contributed by atoms with Gasteiger partial charge in [-0.3, -0.25) is 4.79 Å². The van der Waals surface area contributed by atoms with Gasteiger partial charge in [-0.05, 0) is 13.0 Å². The van der Waals surface area contributed by atoms with E-state index in [0.29, 0.717) is 11.8 Å². The maximum Gasteiger partial charge on any atom is 0.228 e. The van der Waals surface area contributed by atoms with E-state index in [2.05, 4.69) is 39.6 Å². The Balaban J connectivity index is 2.61. The second-order valence-corrected chi connectivity index (χ2v) is 5.47. The third-order valence-corrected chi connectivity index (χ3v) is 3.79. The summed E-state index contributed by atoms with van der Waals surface area (Å²) in [6.07, 6.45) is 0. The summed E-state index contributed by atoms with van der Waals surface area (Å²) in [5, 5.41) is 0. The molecule has 0 aliphatic carbocycles. The van der Waals surface area contributed by atoms with Crippen LogP contribution in [0.25, 0.3) is 0 Å². The minimum absolute atomic E-state index is 0.226. The van der Waals surface area contributed by atoms with Crippen LogP contribution in [0.5, 0.6) is 0 Å². The molecule has 15 heavy (non-hydrogen) atoms. The van der Waals surface area contributed by atoms with Gasteiger partial charge in [0.2, 0.25) is 5.91 Å². The van der Waals surface area contributed by atoms with E-state index in [1.165, 1.54) is 0 Å². The van der Waals surface area contributed by atoms with E-state index in [4.69, 9.17) is 0 Å². The highest BCUT2D eigenvalue weighted by atomic mass is 16.2. The fraction of sp³-hybridized carbons (Fsp3) is 0.917. The summed E-state index contributed by atoms with van der Waals surface area (Å²) in [5.74, 6) is 0.704. The molecule has 1 amide bonds. The van der Waals surface area contributed by atoms with Gasteiger partial charge in [-0.25, -0.2) is 0 Å². The molecule has 1 saturated heterocycles. The number of likely N-dealkylation sites (N-methyl/N-ethyl adjacent to an activating group) is 1. The van der Waals surface area contributed by atoms with Crippen LogP contribution in [0.4, 0.5) is 0 Å². The smallest absolute Gasteiger partial charge is 0.228 e. The number of carbonyl (C=O) groups excluding carboxylic acids is 1. The maximum absolute atomic E-state index is 12.3. The Morgan fingerprint density at radius 3 is 2.00 bits per heavy atom. The first-order chi connectivity index (χ1) is 6.85. The molecule has 0 radical (unpaired) electrons. The standard InChI is InChI=1S/C12H24N2O/c1-10(2)12(3,4)11(15)14-8-6-13(5)7-9-14/h10H,6-9H2,1-5H3. The zero-order valence-electron chi connectivity index (χ0n) is 10.7. The lowest BCUT2D eigenvalue weighted by Crippen LogP contribution is -2.52. The summed E-state index contributed by atoms with van der Waals surface area (Å²) >= 11 is 0. The molecule has 88 valence electrons. The molecule has 1 heterocycles. The minimum Gasteiger partial charge on any atom is -0.340 e. The molecule has 1 aliphatic heterocycles. The zero-order valence-corrected chi connectivity index (χ0v) is 10.7. The van der Waals surface area contributed by atoms with Crippen LogP contribution in [0, 0.1) is 11.3 Å². The molecule has 0 saturated carbocycles. The van der Waals surface area contributed by atoms with E-state index in [9.17, 15) is 4.79 Å². The van der Waals surface area contributed by atoms with Crippen LogP contribution in [-0.4, -0.2) is 48.9 Å². The molecule has 0 aromatic carbocycles. The maximum atomic E-state index is 12.3. The molecular weight excluding hydrogens is 188 g/mol. The summed E-state index contributed by atoms with van der Waals surface area (Å²) < 4.78 is 0. The van der Waals surface area contributed by atoms with Crippen molar-refractivity contribution in [1.29, 1.82) is 0 Å². The minimum atomic E-state index is -0.226. The van der Waals surface area contributed by atoms with Crippen molar-refractivity contribution in [3.63, 3.8) is 0 Å². The van der Waals surface area contributed by atoms with E-state index < -0.39 is 0 Å². The van der Waals surface area contributed by atoms with Crippen LogP contribution >= 0.6 is 0 Å². The van der Waals surface area contributed by atoms with Crippen molar-refractivity contribution in [2.75, 3.05) is 33.2 Å². The number of hydrogen-bond donors (Lipinski definition) is 0. The SMILES string of the molecule is CC(C)C(C)(C)C(=O)N1CCN(C)CC1. The molecule has 0 unspecified atom stereocenters. The molecule has 3 heteroatoms. The Morgan fingerprint density at radius 2 is 1.60 bits per heavy atom. The Kier molecular flexibility index (Phi) is 3.77. The number of piperazine rings is 1. The largest absolute Gasteiger partial charge is 0.340 e. The van der Waals surface area contributed by atoms with Crippen molar-refractivity contribution in [3.05, 3.63) is 0 Å². The van der Waals surface area contributed by atoms with Gasteiger partial charge in [-0.15, -0.1) is 0 Å². The van der Waals surface area contributed by atoms with Gasteiger partial charge in [-0.1, -0.05) is 27.7 Å². The van der Waals surface area contributed by atoms with Gasteiger partial charge in [0.25, 0.3) is 0 Å². The van der Waals surface area contributed by atoms with Gasteiger partial charge in [0.05, 0.1) is 0 Å². The zero-order chi connectivity index (χ0) is 11.6. The topological polar surface area (TPSA) is 23.6 Å². The van der Waals surface area contributed by atoms with Crippen molar-refractivity contribution >= 4 is 5.91 Å². The van der Waals surface area contributed by atoms with Gasteiger partial charge in [0.1, 0.15) is 0 Å². The van der Waals surface area contributed by atoms with Crippen molar-refractivity contribution < 1.29 is 4.79 Å². The summed E-state index contributed by atoms with van der Waals surface area (Å²) in [7, 11) is 2.11. The Labute approximate surface area is 93.4 Å². The van der Waals surface area contributed by atoms with Crippen molar-refractivity contribution in [2.24, 2.45) is 11.3 Å². The third kappa shape index (κ3) is 2.71. The molecule has 1 aliphatic rings. The lowest BCUT2D eigenvalue weighted by Gasteiger charge is -2.38. The molecule has 1 fully saturated rings. The number of amides is 1. The quantitative estimate of drug-likeness (QED) is 0.691. The number of nitrogens with zero attached hydrogens (tertiary/aromatic N) is 2. The lowest BCUT2D eigenvalue weighted by atomic mass is 9.79. The van der Waals surface area contributed by atoms with Gasteiger partial charge >= 0.3 is 0 Å². The molecule has 0 atom stereocenters.